The second-order valence-electron chi connectivity index (χ2n) is 9.18. The molecule has 5 rings (SSSR count). The maximum atomic E-state index is 13.9. The molecule has 10 nitrogen and oxygen atoms in total. The smallest absolute Gasteiger partial charge is 0.330 e. The number of halogens is 2. The maximum absolute atomic E-state index is 13.9. The van der Waals surface area contributed by atoms with Crippen LogP contribution >= 0.6 is 23.2 Å². The van der Waals surface area contributed by atoms with E-state index in [1.54, 1.807) is 19.1 Å². The lowest BCUT2D eigenvalue weighted by Gasteiger charge is -2.33. The summed E-state index contributed by atoms with van der Waals surface area (Å²) in [5.74, 6) is -4.96. The van der Waals surface area contributed by atoms with Crippen molar-refractivity contribution in [3.8, 4) is 0 Å². The molecule has 2 aliphatic heterocycles. The first-order valence-corrected chi connectivity index (χ1v) is 13.3. The van der Waals surface area contributed by atoms with Crippen molar-refractivity contribution in [1.82, 2.24) is 0 Å². The highest BCUT2D eigenvalue weighted by molar-refractivity contribution is 6.55. The summed E-state index contributed by atoms with van der Waals surface area (Å²) in [6.07, 6.45) is 1.94. The molecule has 0 aliphatic carbocycles. The Kier molecular flexibility index (Phi) is 7.59. The topological polar surface area (TPSA) is 142 Å². The van der Waals surface area contributed by atoms with Gasteiger partial charge in [0.2, 0.25) is 5.91 Å². The average Bonchev–Trinajstić information content (AvgIpc) is 3.36. The molecule has 1 spiro atoms. The zero-order valence-electron chi connectivity index (χ0n) is 21.8. The molecular formula is C30H21Cl2N3O7. The van der Waals surface area contributed by atoms with E-state index in [-0.39, 0.29) is 39.8 Å². The van der Waals surface area contributed by atoms with Gasteiger partial charge in [-0.3, -0.25) is 24.1 Å². The van der Waals surface area contributed by atoms with Crippen molar-refractivity contribution in [2.45, 2.75) is 12.5 Å². The van der Waals surface area contributed by atoms with Gasteiger partial charge in [0.15, 0.2) is 5.54 Å². The number of aliphatic hydroxyl groups excluding tert-OH is 1. The first-order valence-electron chi connectivity index (χ1n) is 12.5. The highest BCUT2D eigenvalue weighted by Gasteiger charge is 2.66. The number of nitrogens with zero attached hydrogens (tertiary/aromatic N) is 1. The lowest BCUT2D eigenvalue weighted by Crippen LogP contribution is -2.49. The van der Waals surface area contributed by atoms with E-state index >= 15 is 0 Å². The van der Waals surface area contributed by atoms with Crippen LogP contribution < -0.4 is 15.5 Å². The molecule has 212 valence electrons. The molecule has 2 heterocycles. The Balaban J connectivity index is 1.66. The molecule has 0 saturated carbocycles. The second kappa shape index (κ2) is 11.2. The third kappa shape index (κ3) is 4.80. The zero-order valence-corrected chi connectivity index (χ0v) is 23.3. The van der Waals surface area contributed by atoms with Crippen LogP contribution in [-0.4, -0.2) is 41.2 Å². The summed E-state index contributed by atoms with van der Waals surface area (Å²) in [7, 11) is 0. The van der Waals surface area contributed by atoms with Crippen LogP contribution in [0.3, 0.4) is 0 Å². The normalized spacial score (nSPS) is 18.8. The van der Waals surface area contributed by atoms with Crippen LogP contribution in [0.5, 0.6) is 0 Å². The predicted molar refractivity (Wildman–Crippen MR) is 156 cm³/mol. The van der Waals surface area contributed by atoms with E-state index in [9.17, 15) is 29.1 Å². The summed E-state index contributed by atoms with van der Waals surface area (Å²) in [6, 6.07) is 16.3. The molecule has 0 bridgehead atoms. The number of ether oxygens (including phenoxy) is 1. The van der Waals surface area contributed by atoms with Crippen molar-refractivity contribution in [3.05, 3.63) is 106 Å². The fourth-order valence-corrected chi connectivity index (χ4v) is 5.35. The number of amides is 3. The van der Waals surface area contributed by atoms with Gasteiger partial charge in [0.05, 0.1) is 12.2 Å². The second-order valence-corrected chi connectivity index (χ2v) is 10.1. The van der Waals surface area contributed by atoms with Crippen LogP contribution in [0.2, 0.25) is 10.0 Å². The van der Waals surface area contributed by atoms with Crippen molar-refractivity contribution in [2.75, 3.05) is 22.1 Å². The van der Waals surface area contributed by atoms with Gasteiger partial charge in [0, 0.05) is 50.4 Å². The zero-order chi connectivity index (χ0) is 30.2. The first kappa shape index (κ1) is 28.6. The van der Waals surface area contributed by atoms with E-state index in [0.717, 1.165) is 17.1 Å². The Bertz CT molecular complexity index is 1750. The van der Waals surface area contributed by atoms with Gasteiger partial charge >= 0.3 is 11.9 Å². The van der Waals surface area contributed by atoms with E-state index in [0.29, 0.717) is 5.02 Å². The maximum Gasteiger partial charge on any atom is 0.330 e. The van der Waals surface area contributed by atoms with Gasteiger partial charge < -0.3 is 20.5 Å². The Morgan fingerprint density at radius 2 is 1.74 bits per heavy atom. The van der Waals surface area contributed by atoms with E-state index < -0.39 is 46.3 Å². The SMILES string of the molecule is CCOC(=O)/C=C/C(=O)Nc1cccc(C(O)=C2C(=O)C(=O)N(c3cccc(Cl)c3)C23C(=O)Nc2cc(Cl)ccc23)c1. The summed E-state index contributed by atoms with van der Waals surface area (Å²) < 4.78 is 4.75. The Morgan fingerprint density at radius 3 is 2.48 bits per heavy atom. The van der Waals surface area contributed by atoms with Crippen molar-refractivity contribution in [1.29, 1.82) is 0 Å². The predicted octanol–water partition coefficient (Wildman–Crippen LogP) is 4.78. The van der Waals surface area contributed by atoms with Gasteiger partial charge in [-0.1, -0.05) is 47.5 Å². The van der Waals surface area contributed by atoms with Gasteiger partial charge in [-0.05, 0) is 49.4 Å². The number of ketones is 1. The van der Waals surface area contributed by atoms with Gasteiger partial charge in [0.25, 0.3) is 11.7 Å². The molecule has 0 aromatic heterocycles. The van der Waals surface area contributed by atoms with Crippen molar-refractivity contribution >= 4 is 75.5 Å². The molecule has 42 heavy (non-hydrogen) atoms. The molecule has 2 aliphatic rings. The highest BCUT2D eigenvalue weighted by atomic mass is 35.5. The summed E-state index contributed by atoms with van der Waals surface area (Å²) in [5, 5.41) is 17.4. The van der Waals surface area contributed by atoms with E-state index in [1.165, 1.54) is 54.6 Å². The third-order valence-corrected chi connectivity index (χ3v) is 7.10. The van der Waals surface area contributed by atoms with Crippen LogP contribution in [0.4, 0.5) is 17.1 Å². The van der Waals surface area contributed by atoms with Gasteiger partial charge in [-0.15, -0.1) is 0 Å². The van der Waals surface area contributed by atoms with E-state index in [4.69, 9.17) is 27.9 Å². The average molecular weight is 606 g/mol. The molecule has 3 N–H and O–H groups in total. The molecule has 3 amide bonds. The number of carbonyl (C=O) groups is 5. The standard InChI is InChI=1S/C30H21Cl2N3O7/c1-2-42-24(37)12-11-23(36)33-19-7-3-5-16(13-19)26(38)25-27(39)28(40)35(20-8-4-6-17(31)14-20)30(25)21-10-9-18(32)15-22(21)34-29(30)41/h3-15,38H,2H2,1H3,(H,33,36)(H,34,41)/b12-11+,26-25?. The molecule has 1 fully saturated rings. The number of hydrogen-bond acceptors (Lipinski definition) is 7. The number of carbonyl (C=O) groups excluding carboxylic acids is 5. The van der Waals surface area contributed by atoms with Crippen molar-refractivity contribution < 1.29 is 33.8 Å². The minimum atomic E-state index is -2.11. The quantitative estimate of drug-likeness (QED) is 0.159. The Morgan fingerprint density at radius 1 is 1.00 bits per heavy atom. The molecule has 3 aromatic rings. The summed E-state index contributed by atoms with van der Waals surface area (Å²) in [6.45, 7) is 1.77. The largest absolute Gasteiger partial charge is 0.507 e. The fraction of sp³-hybridized carbons (Fsp3) is 0.100. The van der Waals surface area contributed by atoms with Gasteiger partial charge in [0.1, 0.15) is 5.76 Å². The van der Waals surface area contributed by atoms with E-state index in [2.05, 4.69) is 10.6 Å². The monoisotopic (exact) mass is 605 g/mol. The fourth-order valence-electron chi connectivity index (χ4n) is 4.99. The lowest BCUT2D eigenvalue weighted by atomic mass is 9.81. The van der Waals surface area contributed by atoms with Crippen LogP contribution in [0.25, 0.3) is 5.76 Å². The number of benzene rings is 3. The molecule has 1 unspecified atom stereocenters. The van der Waals surface area contributed by atoms with Gasteiger partial charge in [-0.2, -0.15) is 0 Å². The molecule has 1 saturated heterocycles. The lowest BCUT2D eigenvalue weighted by molar-refractivity contribution is -0.137. The number of fused-ring (bicyclic) bond motifs is 2. The van der Waals surface area contributed by atoms with E-state index in [1.807, 2.05) is 0 Å². The highest BCUT2D eigenvalue weighted by Crippen LogP contribution is 2.53. The van der Waals surface area contributed by atoms with Gasteiger partial charge in [-0.25, -0.2) is 4.79 Å². The first-order chi connectivity index (χ1) is 20.1. The molecular weight excluding hydrogens is 585 g/mol. The molecule has 3 aromatic carbocycles. The Hall–Kier alpha value is -4.93. The number of esters is 1. The number of nitrogens with one attached hydrogen (secondary N) is 2. The number of rotatable bonds is 6. The molecule has 1 atom stereocenters. The van der Waals surface area contributed by atoms with Crippen molar-refractivity contribution in [3.63, 3.8) is 0 Å². The molecule has 12 heteroatoms. The molecule has 0 radical (unpaired) electrons. The van der Waals surface area contributed by atoms with Crippen LogP contribution in [-0.2, 0) is 34.2 Å². The van der Waals surface area contributed by atoms with Crippen molar-refractivity contribution in [2.24, 2.45) is 0 Å². The summed E-state index contributed by atoms with van der Waals surface area (Å²) in [5.41, 5.74) is -1.76. The number of aliphatic hydroxyl groups is 1. The minimum absolute atomic E-state index is 0.0286. The Labute approximate surface area is 249 Å². The van der Waals surface area contributed by atoms with Crippen LogP contribution in [0.1, 0.15) is 18.1 Å². The van der Waals surface area contributed by atoms with Crippen LogP contribution in [0, 0.1) is 0 Å². The summed E-state index contributed by atoms with van der Waals surface area (Å²) in [4.78, 5) is 66.0. The minimum Gasteiger partial charge on any atom is -0.507 e. The van der Waals surface area contributed by atoms with Crippen LogP contribution in [0.15, 0.2) is 84.5 Å². The number of hydrogen-bond donors (Lipinski definition) is 3. The third-order valence-electron chi connectivity index (χ3n) is 6.63. The number of Topliss-reactive ketones (excluding diaryl/α,β-unsaturated/α-hetero) is 1. The number of anilines is 3. The summed E-state index contributed by atoms with van der Waals surface area (Å²) >= 11 is 12.4.